The lowest BCUT2D eigenvalue weighted by Gasteiger charge is -2.37. The topological polar surface area (TPSA) is 56.1 Å². The third-order valence-electron chi connectivity index (χ3n) is 7.72. The Morgan fingerprint density at radius 1 is 0.786 bits per heavy atom. The first kappa shape index (κ1) is 30.1. The van der Waals surface area contributed by atoms with E-state index in [0.717, 1.165) is 42.6 Å². The van der Waals surface area contributed by atoms with E-state index in [9.17, 15) is 39.5 Å². The summed E-state index contributed by atoms with van der Waals surface area (Å²) in [5.41, 5.74) is -4.60. The molecule has 0 unspecified atom stereocenters. The average molecular weight is 608 g/mol. The Morgan fingerprint density at radius 2 is 1.33 bits per heavy atom. The zero-order chi connectivity index (χ0) is 30.7. The van der Waals surface area contributed by atoms with Crippen LogP contribution in [0.25, 0.3) is 0 Å². The van der Waals surface area contributed by atoms with Crippen molar-refractivity contribution >= 4 is 5.95 Å². The Labute approximate surface area is 234 Å². The molecule has 0 N–H and O–H groups in total. The molecule has 1 aromatic heterocycles. The lowest BCUT2D eigenvalue weighted by Crippen LogP contribution is -2.36. The van der Waals surface area contributed by atoms with Crippen LogP contribution in [-0.4, -0.2) is 27.3 Å². The molecule has 2 aliphatic rings. The molecule has 42 heavy (non-hydrogen) atoms. The monoisotopic (exact) mass is 607 g/mol. The van der Waals surface area contributed by atoms with Crippen molar-refractivity contribution in [2.45, 2.75) is 62.9 Å². The molecule has 2 aliphatic carbocycles. The van der Waals surface area contributed by atoms with Crippen molar-refractivity contribution in [1.82, 2.24) is 20.2 Å². The first-order valence-corrected chi connectivity index (χ1v) is 13.1. The van der Waals surface area contributed by atoms with Gasteiger partial charge in [0.05, 0.1) is 29.3 Å². The van der Waals surface area contributed by atoms with Crippen LogP contribution in [0.2, 0.25) is 0 Å². The Morgan fingerprint density at radius 3 is 1.76 bits per heavy atom. The number of aryl methyl sites for hydroxylation is 1. The van der Waals surface area contributed by atoms with Crippen LogP contribution in [-0.2, 0) is 49.0 Å². The second kappa shape index (κ2) is 10.4. The Bertz CT molecular complexity index is 1390. The number of nitrogens with zero attached hydrogens (tertiary/aromatic N) is 5. The van der Waals surface area contributed by atoms with Crippen LogP contribution in [0.3, 0.4) is 0 Å². The number of halogens is 9. The zero-order valence-electron chi connectivity index (χ0n) is 22.4. The molecule has 0 spiro atoms. The first-order valence-electron chi connectivity index (χ1n) is 13.1. The number of hydrogen-bond acceptors (Lipinski definition) is 5. The zero-order valence-corrected chi connectivity index (χ0v) is 22.4. The van der Waals surface area contributed by atoms with Gasteiger partial charge in [-0.3, -0.25) is 0 Å². The number of anilines is 1. The average Bonchev–Trinajstić information content (AvgIpc) is 3.83. The van der Waals surface area contributed by atoms with Crippen LogP contribution in [0.15, 0.2) is 36.4 Å². The van der Waals surface area contributed by atoms with E-state index >= 15 is 0 Å². The number of tetrazole rings is 1. The Kier molecular flexibility index (Phi) is 7.47. The predicted molar refractivity (Wildman–Crippen MR) is 131 cm³/mol. The Balaban J connectivity index is 1.62. The van der Waals surface area contributed by atoms with Crippen molar-refractivity contribution in [1.29, 1.82) is 0 Å². The second-order valence-corrected chi connectivity index (χ2v) is 10.8. The maximum atomic E-state index is 13.8. The quantitative estimate of drug-likeness (QED) is 0.242. The molecule has 0 atom stereocenters. The standard InChI is InChI=1S/C27H26F9N5O/c1-40-38-23(37-39-40)41(13-15-9-20(26(31,32)33)12-21(10-15)27(34,35)36)14-16-11-19(25(28,29)30)7-8-22(16)24(42-2,17-3-4-17)18-5-6-18/h7-12,17-18H,3-6,13-14H2,1-2H3. The van der Waals surface area contributed by atoms with E-state index in [0.29, 0.717) is 17.7 Å². The molecule has 1 heterocycles. The van der Waals surface area contributed by atoms with Gasteiger partial charge in [-0.05, 0) is 89.8 Å². The van der Waals surface area contributed by atoms with Gasteiger partial charge in [-0.1, -0.05) is 11.2 Å². The fourth-order valence-electron chi connectivity index (χ4n) is 5.66. The molecule has 15 heteroatoms. The van der Waals surface area contributed by atoms with Crippen LogP contribution in [0.1, 0.15) is 59.1 Å². The predicted octanol–water partition coefficient (Wildman–Crippen LogP) is 7.14. The van der Waals surface area contributed by atoms with Gasteiger partial charge in [-0.15, -0.1) is 5.10 Å². The maximum Gasteiger partial charge on any atom is 0.416 e. The fraction of sp³-hybridized carbons (Fsp3) is 0.519. The van der Waals surface area contributed by atoms with Gasteiger partial charge in [0.2, 0.25) is 0 Å². The van der Waals surface area contributed by atoms with Gasteiger partial charge in [0.25, 0.3) is 5.95 Å². The number of aromatic nitrogens is 4. The van der Waals surface area contributed by atoms with Crippen LogP contribution < -0.4 is 4.90 Å². The summed E-state index contributed by atoms with van der Waals surface area (Å²) in [6.45, 7) is -0.950. The molecule has 0 bridgehead atoms. The molecule has 0 aliphatic heterocycles. The molecule has 6 nitrogen and oxygen atoms in total. The van der Waals surface area contributed by atoms with Crippen molar-refractivity contribution in [2.24, 2.45) is 18.9 Å². The van der Waals surface area contributed by atoms with E-state index in [1.807, 2.05) is 0 Å². The maximum absolute atomic E-state index is 13.8. The van der Waals surface area contributed by atoms with E-state index in [2.05, 4.69) is 15.4 Å². The van der Waals surface area contributed by atoms with Crippen molar-refractivity contribution in [3.05, 3.63) is 69.8 Å². The lowest BCUT2D eigenvalue weighted by atomic mass is 9.80. The molecule has 2 saturated carbocycles. The smallest absolute Gasteiger partial charge is 0.373 e. The summed E-state index contributed by atoms with van der Waals surface area (Å²) in [4.78, 5) is 2.23. The number of rotatable bonds is 9. The highest BCUT2D eigenvalue weighted by atomic mass is 19.4. The van der Waals surface area contributed by atoms with Gasteiger partial charge >= 0.3 is 18.5 Å². The van der Waals surface area contributed by atoms with Crippen molar-refractivity contribution in [2.75, 3.05) is 12.0 Å². The molecule has 0 saturated heterocycles. The summed E-state index contributed by atoms with van der Waals surface area (Å²) in [7, 11) is 2.90. The number of hydrogen-bond donors (Lipinski definition) is 0. The fourth-order valence-corrected chi connectivity index (χ4v) is 5.66. The van der Waals surface area contributed by atoms with E-state index in [-0.39, 0.29) is 41.5 Å². The van der Waals surface area contributed by atoms with E-state index in [1.165, 1.54) is 25.1 Å². The van der Waals surface area contributed by atoms with Crippen LogP contribution in [0.4, 0.5) is 45.5 Å². The normalized spacial score (nSPS) is 16.6. The summed E-state index contributed by atoms with van der Waals surface area (Å²) in [5.74, 6) is -0.0644. The summed E-state index contributed by atoms with van der Waals surface area (Å²) in [6, 6.07) is 4.43. The third-order valence-corrected chi connectivity index (χ3v) is 7.72. The van der Waals surface area contributed by atoms with Gasteiger partial charge in [0, 0.05) is 20.2 Å². The minimum atomic E-state index is -5.08. The third kappa shape index (κ3) is 6.06. The SMILES string of the molecule is COC(c1ccc(C(F)(F)F)cc1CN(Cc1cc(C(F)(F)F)cc(C(F)(F)F)c1)c1nnn(C)n1)(C1CC1)C1CC1. The van der Waals surface area contributed by atoms with Crippen LogP contribution >= 0.6 is 0 Å². The molecule has 228 valence electrons. The highest BCUT2D eigenvalue weighted by Gasteiger charge is 2.56. The van der Waals surface area contributed by atoms with Crippen LogP contribution in [0, 0.1) is 11.8 Å². The van der Waals surface area contributed by atoms with E-state index in [4.69, 9.17) is 4.74 Å². The number of ether oxygens (including phenoxy) is 1. The molecule has 3 aromatic rings. The molecular formula is C27H26F9N5O. The number of methoxy groups -OCH3 is 1. The van der Waals surface area contributed by atoms with Gasteiger partial charge in [-0.2, -0.15) is 44.3 Å². The number of alkyl halides is 9. The Hall–Kier alpha value is -3.36. The van der Waals surface area contributed by atoms with Gasteiger partial charge < -0.3 is 9.64 Å². The largest absolute Gasteiger partial charge is 0.416 e. The molecule has 0 amide bonds. The van der Waals surface area contributed by atoms with E-state index < -0.39 is 47.4 Å². The van der Waals surface area contributed by atoms with Crippen molar-refractivity contribution < 1.29 is 44.3 Å². The van der Waals surface area contributed by atoms with Crippen LogP contribution in [0.5, 0.6) is 0 Å². The van der Waals surface area contributed by atoms with Gasteiger partial charge in [-0.25, -0.2) is 0 Å². The summed E-state index contributed by atoms with van der Waals surface area (Å²) < 4.78 is 129. The first-order chi connectivity index (χ1) is 19.5. The highest BCUT2D eigenvalue weighted by Crippen LogP contribution is 2.60. The van der Waals surface area contributed by atoms with Gasteiger partial charge in [0.15, 0.2) is 0 Å². The highest BCUT2D eigenvalue weighted by molar-refractivity contribution is 5.44. The molecule has 5 rings (SSSR count). The minimum Gasteiger partial charge on any atom is -0.373 e. The van der Waals surface area contributed by atoms with Crippen molar-refractivity contribution in [3.63, 3.8) is 0 Å². The minimum absolute atomic E-state index is 0.0114. The summed E-state index contributed by atoms with van der Waals surface area (Å²) in [5, 5.41) is 11.6. The summed E-state index contributed by atoms with van der Waals surface area (Å²) >= 11 is 0. The van der Waals surface area contributed by atoms with Crippen molar-refractivity contribution in [3.8, 4) is 0 Å². The molecular weight excluding hydrogens is 581 g/mol. The van der Waals surface area contributed by atoms with E-state index in [1.54, 1.807) is 0 Å². The molecule has 2 fully saturated rings. The van der Waals surface area contributed by atoms with Gasteiger partial charge in [0.1, 0.15) is 0 Å². The number of benzene rings is 2. The lowest BCUT2D eigenvalue weighted by molar-refractivity contribution is -0.143. The second-order valence-electron chi connectivity index (χ2n) is 10.8. The molecule has 0 radical (unpaired) electrons. The molecule has 2 aromatic carbocycles. The summed E-state index contributed by atoms with van der Waals surface area (Å²) in [6.07, 6.45) is -11.6.